The molecule has 0 aliphatic heterocycles. The molecule has 0 heterocycles. The topological polar surface area (TPSA) is 47.6 Å². The Morgan fingerprint density at radius 2 is 1.17 bits per heavy atom. The SMILES string of the molecule is N#CC#CC#N. The van der Waals surface area contributed by atoms with Crippen molar-refractivity contribution in [1.82, 2.24) is 0 Å². The molecular weight excluding hydrogens is 76.1 g/mol. The average molecular weight is 76.1 g/mol. The maximum Gasteiger partial charge on any atom is 0.153 e. The number of hydrogen-bond donors (Lipinski definition) is 0. The van der Waals surface area contributed by atoms with Gasteiger partial charge in [-0.15, -0.1) is 0 Å². The van der Waals surface area contributed by atoms with Gasteiger partial charge in [-0.2, -0.15) is 10.5 Å². The maximum absolute atomic E-state index is 7.62. The van der Waals surface area contributed by atoms with Gasteiger partial charge in [0.1, 0.15) is 0 Å². The van der Waals surface area contributed by atoms with Gasteiger partial charge < -0.3 is 0 Å². The fourth-order valence-corrected chi connectivity index (χ4v) is 0.0559. The van der Waals surface area contributed by atoms with E-state index < -0.39 is 0 Å². The van der Waals surface area contributed by atoms with E-state index in [2.05, 4.69) is 0 Å². The van der Waals surface area contributed by atoms with Crippen molar-refractivity contribution in [1.29, 1.82) is 10.5 Å². The van der Waals surface area contributed by atoms with Crippen LogP contribution in [0.15, 0.2) is 0 Å². The summed E-state index contributed by atoms with van der Waals surface area (Å²) in [5, 5.41) is 15.2. The highest BCUT2D eigenvalue weighted by Crippen LogP contribution is 1.43. The van der Waals surface area contributed by atoms with E-state index in [4.69, 9.17) is 10.5 Å². The van der Waals surface area contributed by atoms with Crippen LogP contribution in [0.5, 0.6) is 0 Å². The molecule has 6 heavy (non-hydrogen) atoms. The smallest absolute Gasteiger partial charge is 0.153 e. The lowest BCUT2D eigenvalue weighted by atomic mass is 10.6. The van der Waals surface area contributed by atoms with Gasteiger partial charge in [-0.1, -0.05) is 0 Å². The summed E-state index contributed by atoms with van der Waals surface area (Å²) in [5.41, 5.74) is 0. The summed E-state index contributed by atoms with van der Waals surface area (Å²) in [7, 11) is 0. The zero-order valence-corrected chi connectivity index (χ0v) is 2.89. The van der Waals surface area contributed by atoms with Gasteiger partial charge in [0.2, 0.25) is 0 Å². The third kappa shape index (κ3) is 2.54. The summed E-state index contributed by atoms with van der Waals surface area (Å²) in [4.78, 5) is 0. The van der Waals surface area contributed by atoms with Crippen molar-refractivity contribution >= 4 is 0 Å². The van der Waals surface area contributed by atoms with Gasteiger partial charge in [-0.3, -0.25) is 0 Å². The predicted molar refractivity (Wildman–Crippen MR) is 19.0 cm³/mol. The highest BCUT2D eigenvalue weighted by molar-refractivity contribution is 5.25. The monoisotopic (exact) mass is 76.0 g/mol. The summed E-state index contributed by atoms with van der Waals surface area (Å²) >= 11 is 0. The van der Waals surface area contributed by atoms with Crippen molar-refractivity contribution in [3.8, 4) is 24.0 Å². The van der Waals surface area contributed by atoms with Crippen LogP contribution in [0, 0.1) is 34.5 Å². The van der Waals surface area contributed by atoms with Crippen LogP contribution in [-0.4, -0.2) is 0 Å². The van der Waals surface area contributed by atoms with Gasteiger partial charge >= 0.3 is 0 Å². The molecule has 0 aliphatic rings. The van der Waals surface area contributed by atoms with Gasteiger partial charge in [0.15, 0.2) is 12.1 Å². The summed E-state index contributed by atoms with van der Waals surface area (Å²) in [6, 6.07) is 2.97. The highest BCUT2D eigenvalue weighted by atomic mass is 14.2. The fraction of sp³-hybridized carbons (Fsp3) is 0. The normalized spacial score (nSPS) is 3.00. The van der Waals surface area contributed by atoms with E-state index in [1.54, 1.807) is 0 Å². The molecule has 0 spiro atoms. The second kappa shape index (κ2) is 3.54. The van der Waals surface area contributed by atoms with Crippen LogP contribution in [0.3, 0.4) is 0 Å². The molecule has 0 saturated heterocycles. The number of rotatable bonds is 0. The van der Waals surface area contributed by atoms with E-state index in [1.165, 1.54) is 12.1 Å². The molecule has 0 aromatic carbocycles. The molecule has 0 aliphatic carbocycles. The van der Waals surface area contributed by atoms with Gasteiger partial charge in [0.25, 0.3) is 0 Å². The quantitative estimate of drug-likeness (QED) is 0.382. The predicted octanol–water partition coefficient (Wildman–Crippen LogP) is 0.0370. The van der Waals surface area contributed by atoms with Gasteiger partial charge in [-0.05, 0) is 0 Å². The van der Waals surface area contributed by atoms with Crippen molar-refractivity contribution < 1.29 is 0 Å². The van der Waals surface area contributed by atoms with Crippen LogP contribution >= 0.6 is 0 Å². The molecule has 0 radical (unpaired) electrons. The Labute approximate surface area is 35.6 Å². The Hall–Kier alpha value is -1.46. The molecule has 0 atom stereocenters. The summed E-state index contributed by atoms with van der Waals surface area (Å²) < 4.78 is 0. The Balaban J connectivity index is 3.60. The minimum atomic E-state index is 1.48. The molecule has 0 aromatic heterocycles. The van der Waals surface area contributed by atoms with Gasteiger partial charge in [-0.25, -0.2) is 0 Å². The van der Waals surface area contributed by atoms with Crippen LogP contribution in [-0.2, 0) is 0 Å². The summed E-state index contributed by atoms with van der Waals surface area (Å²) in [6.45, 7) is 0. The fourth-order valence-electron chi connectivity index (χ4n) is 0.0559. The molecule has 0 fully saturated rings. The molecule has 0 N–H and O–H groups in total. The number of nitrogens with zero attached hydrogens (tertiary/aromatic N) is 2. The number of hydrogen-bond acceptors (Lipinski definition) is 2. The van der Waals surface area contributed by atoms with E-state index in [0.717, 1.165) is 0 Å². The van der Waals surface area contributed by atoms with Crippen molar-refractivity contribution in [2.24, 2.45) is 0 Å². The van der Waals surface area contributed by atoms with Gasteiger partial charge in [0.05, 0.1) is 0 Å². The Kier molecular flexibility index (Phi) is 2.68. The molecule has 0 aromatic rings. The minimum absolute atomic E-state index is 1.48. The third-order valence-electron chi connectivity index (χ3n) is 0.174. The maximum atomic E-state index is 7.62. The van der Waals surface area contributed by atoms with Crippen molar-refractivity contribution in [3.05, 3.63) is 0 Å². The van der Waals surface area contributed by atoms with E-state index >= 15 is 0 Å². The minimum Gasteiger partial charge on any atom is -0.183 e. The van der Waals surface area contributed by atoms with Gasteiger partial charge in [0, 0.05) is 11.8 Å². The Morgan fingerprint density at radius 1 is 0.833 bits per heavy atom. The molecule has 0 unspecified atom stereocenters. The molecule has 0 amide bonds. The Morgan fingerprint density at radius 3 is 1.33 bits per heavy atom. The average Bonchev–Trinajstić information content (AvgIpc) is 1.61. The molecule has 2 heteroatoms. The highest BCUT2D eigenvalue weighted by Gasteiger charge is 1.49. The van der Waals surface area contributed by atoms with E-state index in [1.807, 2.05) is 11.8 Å². The van der Waals surface area contributed by atoms with Crippen molar-refractivity contribution in [2.45, 2.75) is 0 Å². The zero-order valence-electron chi connectivity index (χ0n) is 2.89. The zero-order chi connectivity index (χ0) is 4.83. The molecular formula is C4N2. The van der Waals surface area contributed by atoms with Crippen LogP contribution < -0.4 is 0 Å². The molecule has 0 rings (SSSR count). The first-order valence-electron chi connectivity index (χ1n) is 1.20. The van der Waals surface area contributed by atoms with E-state index in [0.29, 0.717) is 0 Å². The van der Waals surface area contributed by atoms with Crippen LogP contribution in [0.25, 0.3) is 0 Å². The van der Waals surface area contributed by atoms with Crippen molar-refractivity contribution in [2.75, 3.05) is 0 Å². The van der Waals surface area contributed by atoms with Crippen LogP contribution in [0.2, 0.25) is 0 Å². The largest absolute Gasteiger partial charge is 0.183 e. The third-order valence-corrected chi connectivity index (χ3v) is 0.174. The van der Waals surface area contributed by atoms with E-state index in [-0.39, 0.29) is 0 Å². The molecule has 2 nitrogen and oxygen atoms in total. The summed E-state index contributed by atoms with van der Waals surface area (Å²) in [6.07, 6.45) is 0. The molecule has 0 bridgehead atoms. The first-order chi connectivity index (χ1) is 2.91. The second-order valence-electron chi connectivity index (χ2n) is 0.474. The number of nitriles is 2. The first-order valence-corrected chi connectivity index (χ1v) is 1.20. The lowest BCUT2D eigenvalue weighted by Gasteiger charge is -1.36. The van der Waals surface area contributed by atoms with E-state index in [9.17, 15) is 0 Å². The Bertz CT molecular complexity index is 139. The molecule has 26 valence electrons. The lowest BCUT2D eigenvalue weighted by Crippen LogP contribution is -1.42. The molecule has 0 saturated carbocycles. The lowest BCUT2D eigenvalue weighted by molar-refractivity contribution is 1.54. The second-order valence-corrected chi connectivity index (χ2v) is 0.474. The standard InChI is InChI=1S/C4N2/c5-3-1-2-4-6. The first kappa shape index (κ1) is 4.54. The summed E-state index contributed by atoms with van der Waals surface area (Å²) in [5.74, 6) is 3.78. The van der Waals surface area contributed by atoms with Crippen LogP contribution in [0.1, 0.15) is 0 Å². The van der Waals surface area contributed by atoms with Crippen LogP contribution in [0.4, 0.5) is 0 Å². The van der Waals surface area contributed by atoms with Crippen molar-refractivity contribution in [3.63, 3.8) is 0 Å².